The van der Waals surface area contributed by atoms with E-state index in [4.69, 9.17) is 0 Å². The molecule has 2 aliphatic rings. The van der Waals surface area contributed by atoms with E-state index in [1.807, 2.05) is 5.38 Å². The number of rotatable bonds is 5. The van der Waals surface area contributed by atoms with Gasteiger partial charge in [0.05, 0.1) is 11.4 Å². The number of hydrogen-bond acceptors (Lipinski definition) is 5. The lowest BCUT2D eigenvalue weighted by atomic mass is 9.97. The van der Waals surface area contributed by atoms with Crippen molar-refractivity contribution in [3.63, 3.8) is 0 Å². The highest BCUT2D eigenvalue weighted by atomic mass is 32.2. The molecule has 1 aliphatic heterocycles. The van der Waals surface area contributed by atoms with E-state index in [2.05, 4.69) is 10.3 Å². The summed E-state index contributed by atoms with van der Waals surface area (Å²) >= 11 is 1.47. The van der Waals surface area contributed by atoms with Crippen LogP contribution >= 0.6 is 11.3 Å². The van der Waals surface area contributed by atoms with E-state index in [1.54, 1.807) is 6.92 Å². The number of carbonyl (C=O) groups excluding carboxylic acids is 1. The van der Waals surface area contributed by atoms with Crippen LogP contribution in [0, 0.1) is 5.92 Å². The summed E-state index contributed by atoms with van der Waals surface area (Å²) < 4.78 is 25.1. The summed E-state index contributed by atoms with van der Waals surface area (Å²) in [4.78, 5) is 16.7. The molecule has 0 spiro atoms. The molecule has 0 unspecified atom stereocenters. The molecular weight excluding hydrogens is 322 g/mol. The van der Waals surface area contributed by atoms with Crippen LogP contribution in [-0.4, -0.2) is 42.5 Å². The van der Waals surface area contributed by atoms with Gasteiger partial charge in [0.2, 0.25) is 15.9 Å². The SMILES string of the molecule is CCS(=O)(=O)N1CCC(C(=O)Nc2nc(C3CC3)cs2)CC1. The number of nitrogens with one attached hydrogen (secondary N) is 1. The van der Waals surface area contributed by atoms with Gasteiger partial charge in [-0.3, -0.25) is 4.79 Å². The molecule has 1 saturated carbocycles. The van der Waals surface area contributed by atoms with Crippen LogP contribution in [0.4, 0.5) is 5.13 Å². The lowest BCUT2D eigenvalue weighted by Gasteiger charge is -2.30. The topological polar surface area (TPSA) is 79.4 Å². The molecule has 6 nitrogen and oxygen atoms in total. The average Bonchev–Trinajstić information content (AvgIpc) is 3.27. The summed E-state index contributed by atoms with van der Waals surface area (Å²) in [7, 11) is -3.14. The van der Waals surface area contributed by atoms with Gasteiger partial charge in [-0.25, -0.2) is 17.7 Å². The Bertz CT molecular complexity index is 644. The lowest BCUT2D eigenvalue weighted by molar-refractivity contribution is -0.120. The third-order valence-corrected chi connectivity index (χ3v) is 6.99. The lowest BCUT2D eigenvalue weighted by Crippen LogP contribution is -2.42. The van der Waals surface area contributed by atoms with Crippen molar-refractivity contribution in [1.82, 2.24) is 9.29 Å². The fourth-order valence-corrected chi connectivity index (χ4v) is 4.62. The monoisotopic (exact) mass is 343 g/mol. The first-order valence-corrected chi connectivity index (χ1v) is 10.2. The summed E-state index contributed by atoms with van der Waals surface area (Å²) in [5.41, 5.74) is 1.09. The maximum absolute atomic E-state index is 12.3. The molecule has 22 heavy (non-hydrogen) atoms. The van der Waals surface area contributed by atoms with Crippen molar-refractivity contribution in [1.29, 1.82) is 0 Å². The number of sulfonamides is 1. The van der Waals surface area contributed by atoms with Gasteiger partial charge in [0.15, 0.2) is 5.13 Å². The van der Waals surface area contributed by atoms with Crippen LogP contribution in [-0.2, 0) is 14.8 Å². The van der Waals surface area contributed by atoms with Crippen molar-refractivity contribution >= 4 is 32.4 Å². The van der Waals surface area contributed by atoms with Gasteiger partial charge in [-0.2, -0.15) is 0 Å². The number of piperidine rings is 1. The van der Waals surface area contributed by atoms with Crippen LogP contribution in [0.3, 0.4) is 0 Å². The molecule has 1 aromatic heterocycles. The molecule has 122 valence electrons. The fourth-order valence-electron chi connectivity index (χ4n) is 2.70. The molecule has 8 heteroatoms. The molecule has 1 amide bonds. The van der Waals surface area contributed by atoms with E-state index in [1.165, 1.54) is 28.5 Å². The molecule has 0 atom stereocenters. The zero-order valence-electron chi connectivity index (χ0n) is 12.6. The predicted octanol–water partition coefficient (Wildman–Crippen LogP) is 2.02. The van der Waals surface area contributed by atoms with Crippen LogP contribution in [0.5, 0.6) is 0 Å². The Labute approximate surface area is 135 Å². The van der Waals surface area contributed by atoms with Gasteiger partial charge in [0.25, 0.3) is 0 Å². The fraction of sp³-hybridized carbons (Fsp3) is 0.714. The number of nitrogens with zero attached hydrogens (tertiary/aromatic N) is 2. The second-order valence-electron chi connectivity index (χ2n) is 5.91. The third kappa shape index (κ3) is 3.49. The minimum absolute atomic E-state index is 0.0368. The van der Waals surface area contributed by atoms with E-state index >= 15 is 0 Å². The third-order valence-electron chi connectivity index (χ3n) is 4.33. The highest BCUT2D eigenvalue weighted by molar-refractivity contribution is 7.89. The van der Waals surface area contributed by atoms with Gasteiger partial charge < -0.3 is 5.32 Å². The highest BCUT2D eigenvalue weighted by Crippen LogP contribution is 2.41. The Morgan fingerprint density at radius 3 is 2.64 bits per heavy atom. The summed E-state index contributed by atoms with van der Waals surface area (Å²) in [6.07, 6.45) is 3.54. The largest absolute Gasteiger partial charge is 0.302 e. The van der Waals surface area contributed by atoms with Gasteiger partial charge in [0.1, 0.15) is 0 Å². The van der Waals surface area contributed by atoms with E-state index in [0.29, 0.717) is 37.0 Å². The molecule has 1 aromatic rings. The maximum Gasteiger partial charge on any atom is 0.229 e. The first-order valence-electron chi connectivity index (χ1n) is 7.73. The van der Waals surface area contributed by atoms with Crippen molar-refractivity contribution < 1.29 is 13.2 Å². The Morgan fingerprint density at radius 1 is 1.36 bits per heavy atom. The molecule has 0 bridgehead atoms. The standard InChI is InChI=1S/C14H21N3O3S2/c1-2-22(19,20)17-7-5-11(6-8-17)13(18)16-14-15-12(9-21-14)10-3-4-10/h9-11H,2-8H2,1H3,(H,15,16,18). The van der Waals surface area contributed by atoms with E-state index in [-0.39, 0.29) is 17.6 Å². The normalized spacial score (nSPS) is 21.0. The molecule has 1 saturated heterocycles. The van der Waals surface area contributed by atoms with Crippen molar-refractivity contribution in [3.05, 3.63) is 11.1 Å². The van der Waals surface area contributed by atoms with Crippen molar-refractivity contribution in [2.75, 3.05) is 24.2 Å². The summed E-state index contributed by atoms with van der Waals surface area (Å²) in [6, 6.07) is 0. The Kier molecular flexibility index (Phi) is 4.52. The van der Waals surface area contributed by atoms with Crippen LogP contribution in [0.25, 0.3) is 0 Å². The number of anilines is 1. The smallest absolute Gasteiger partial charge is 0.229 e. The van der Waals surface area contributed by atoms with Crippen LogP contribution < -0.4 is 5.32 Å². The van der Waals surface area contributed by atoms with Gasteiger partial charge in [0, 0.05) is 30.3 Å². The summed E-state index contributed by atoms with van der Waals surface area (Å²) in [6.45, 7) is 2.51. The van der Waals surface area contributed by atoms with Gasteiger partial charge >= 0.3 is 0 Å². The second kappa shape index (κ2) is 6.25. The number of amides is 1. The number of carbonyl (C=O) groups is 1. The van der Waals surface area contributed by atoms with Crippen molar-refractivity contribution in [2.24, 2.45) is 5.92 Å². The molecule has 1 aliphatic carbocycles. The Balaban J connectivity index is 1.53. The van der Waals surface area contributed by atoms with Crippen molar-refractivity contribution in [3.8, 4) is 0 Å². The van der Waals surface area contributed by atoms with Gasteiger partial charge in [-0.15, -0.1) is 11.3 Å². The predicted molar refractivity (Wildman–Crippen MR) is 86.5 cm³/mol. The van der Waals surface area contributed by atoms with E-state index in [0.717, 1.165) is 5.69 Å². The summed E-state index contributed by atoms with van der Waals surface area (Å²) in [5.74, 6) is 0.540. The molecule has 3 rings (SSSR count). The quantitative estimate of drug-likeness (QED) is 0.887. The van der Waals surface area contributed by atoms with Crippen LogP contribution in [0.1, 0.15) is 44.2 Å². The first-order chi connectivity index (χ1) is 10.5. The first kappa shape index (κ1) is 15.9. The van der Waals surface area contributed by atoms with Crippen LogP contribution in [0.2, 0.25) is 0 Å². The van der Waals surface area contributed by atoms with Crippen molar-refractivity contribution in [2.45, 2.75) is 38.5 Å². The van der Waals surface area contributed by atoms with Gasteiger partial charge in [-0.1, -0.05) is 0 Å². The number of hydrogen-bond donors (Lipinski definition) is 1. The Morgan fingerprint density at radius 2 is 2.05 bits per heavy atom. The minimum atomic E-state index is -3.14. The average molecular weight is 343 g/mol. The minimum Gasteiger partial charge on any atom is -0.302 e. The van der Waals surface area contributed by atoms with E-state index < -0.39 is 10.0 Å². The molecule has 0 aromatic carbocycles. The number of thiazole rings is 1. The van der Waals surface area contributed by atoms with Gasteiger partial charge in [-0.05, 0) is 32.6 Å². The van der Waals surface area contributed by atoms with Crippen LogP contribution in [0.15, 0.2) is 5.38 Å². The second-order valence-corrected chi connectivity index (χ2v) is 9.03. The molecule has 2 heterocycles. The summed E-state index contributed by atoms with van der Waals surface area (Å²) in [5, 5.41) is 5.56. The number of aromatic nitrogens is 1. The molecular formula is C14H21N3O3S2. The van der Waals surface area contributed by atoms with E-state index in [9.17, 15) is 13.2 Å². The Hall–Kier alpha value is -0.990. The molecule has 2 fully saturated rings. The molecule has 1 N–H and O–H groups in total. The zero-order chi connectivity index (χ0) is 15.7. The highest BCUT2D eigenvalue weighted by Gasteiger charge is 2.31. The zero-order valence-corrected chi connectivity index (χ0v) is 14.3. The molecule has 0 radical (unpaired) electrons. The maximum atomic E-state index is 12.3.